The molecule has 0 heterocycles. The van der Waals surface area contributed by atoms with Gasteiger partial charge in [-0.2, -0.15) is 0 Å². The molecular weight excluding hydrogens is 305 g/mol. The predicted octanol–water partition coefficient (Wildman–Crippen LogP) is 6.13. The number of benzene rings is 1. The van der Waals surface area contributed by atoms with Crippen LogP contribution in [0.5, 0.6) is 0 Å². The van der Waals surface area contributed by atoms with Crippen LogP contribution in [0.3, 0.4) is 0 Å². The van der Waals surface area contributed by atoms with Crippen LogP contribution in [0.2, 0.25) is 0 Å². The molecule has 0 aliphatic rings. The van der Waals surface area contributed by atoms with Gasteiger partial charge in [0.1, 0.15) is 16.5 Å². The van der Waals surface area contributed by atoms with Crippen LogP contribution in [-0.4, -0.2) is 0 Å². The molecule has 0 saturated carbocycles. The van der Waals surface area contributed by atoms with Crippen LogP contribution in [0.1, 0.15) is 13.8 Å². The van der Waals surface area contributed by atoms with E-state index in [-0.39, 0.29) is 11.6 Å². The lowest BCUT2D eigenvalue weighted by Crippen LogP contribution is -2.05. The predicted molar refractivity (Wildman–Crippen MR) is 89.2 cm³/mol. The second-order valence-electron chi connectivity index (χ2n) is 4.54. The normalized spacial score (nSPS) is 14.2. The Morgan fingerprint density at radius 2 is 1.59 bits per heavy atom. The molecule has 4 heteroatoms. The van der Waals surface area contributed by atoms with Crippen LogP contribution in [0.15, 0.2) is 88.1 Å². The van der Waals surface area contributed by atoms with E-state index < -0.39 is 16.7 Å². The zero-order valence-electron chi connectivity index (χ0n) is 12.6. The molecule has 0 saturated heterocycles. The molecule has 116 valence electrons. The SMILES string of the molecule is C=C(F)/C=C\C(=C)[S+](/C(C)=C/C=C(\C)F)c1ccc(F)cc1. The summed E-state index contributed by atoms with van der Waals surface area (Å²) in [4.78, 5) is 2.28. The van der Waals surface area contributed by atoms with Crippen LogP contribution in [0, 0.1) is 5.82 Å². The van der Waals surface area contributed by atoms with Crippen molar-refractivity contribution < 1.29 is 13.2 Å². The Labute approximate surface area is 132 Å². The number of allylic oxidation sites excluding steroid dienone is 7. The second-order valence-corrected chi connectivity index (χ2v) is 6.79. The lowest BCUT2D eigenvalue weighted by molar-refractivity contribution is 0.626. The Hall–Kier alpha value is -1.94. The summed E-state index contributed by atoms with van der Waals surface area (Å²) in [7, 11) is -0.624. The van der Waals surface area contributed by atoms with Gasteiger partial charge in [0.25, 0.3) is 0 Å². The Bertz CT molecular complexity index is 633. The van der Waals surface area contributed by atoms with E-state index in [1.807, 2.05) is 6.92 Å². The summed E-state index contributed by atoms with van der Waals surface area (Å²) < 4.78 is 38.8. The minimum absolute atomic E-state index is 0.319. The molecule has 0 aliphatic heterocycles. The zero-order chi connectivity index (χ0) is 16.7. The minimum atomic E-state index is -0.624. The molecule has 0 aliphatic carbocycles. The van der Waals surface area contributed by atoms with Crippen molar-refractivity contribution in [1.29, 1.82) is 0 Å². The van der Waals surface area contributed by atoms with Crippen LogP contribution >= 0.6 is 0 Å². The highest BCUT2D eigenvalue weighted by molar-refractivity contribution is 8.04. The quantitative estimate of drug-likeness (QED) is 0.436. The van der Waals surface area contributed by atoms with Gasteiger partial charge < -0.3 is 0 Å². The summed E-state index contributed by atoms with van der Waals surface area (Å²) in [6.07, 6.45) is 5.74. The zero-order valence-corrected chi connectivity index (χ0v) is 13.4. The number of halogens is 3. The molecule has 0 fully saturated rings. The van der Waals surface area contributed by atoms with Gasteiger partial charge in [-0.15, -0.1) is 0 Å². The Morgan fingerprint density at radius 3 is 2.09 bits per heavy atom. The van der Waals surface area contributed by atoms with Gasteiger partial charge in [-0.1, -0.05) is 6.58 Å². The Balaban J connectivity index is 3.23. The van der Waals surface area contributed by atoms with Gasteiger partial charge in [-0.3, -0.25) is 0 Å². The van der Waals surface area contributed by atoms with Crippen LogP contribution in [-0.2, 0) is 10.9 Å². The third-order valence-corrected chi connectivity index (χ3v) is 4.82. The fourth-order valence-electron chi connectivity index (χ4n) is 1.67. The minimum Gasteiger partial charge on any atom is -0.212 e. The first-order valence-corrected chi connectivity index (χ1v) is 7.75. The van der Waals surface area contributed by atoms with Crippen molar-refractivity contribution in [3.05, 3.63) is 89.0 Å². The fourth-order valence-corrected chi connectivity index (χ4v) is 3.57. The largest absolute Gasteiger partial charge is 0.212 e. The summed E-state index contributed by atoms with van der Waals surface area (Å²) in [5, 5.41) is 0. The second kappa shape index (κ2) is 8.49. The molecule has 1 aromatic rings. The average Bonchev–Trinajstić information content (AvgIpc) is 2.45. The molecule has 0 amide bonds. The van der Waals surface area contributed by atoms with E-state index in [4.69, 9.17) is 0 Å². The maximum absolute atomic E-state index is 13.1. The van der Waals surface area contributed by atoms with Gasteiger partial charge in [-0.05, 0) is 62.1 Å². The Morgan fingerprint density at radius 1 is 1.00 bits per heavy atom. The van der Waals surface area contributed by atoms with E-state index in [1.54, 1.807) is 18.2 Å². The number of hydrogen-bond donors (Lipinski definition) is 0. The lowest BCUT2D eigenvalue weighted by Gasteiger charge is -2.07. The van der Waals surface area contributed by atoms with E-state index in [0.29, 0.717) is 4.91 Å². The highest BCUT2D eigenvalue weighted by Gasteiger charge is 2.27. The van der Waals surface area contributed by atoms with Crippen LogP contribution < -0.4 is 0 Å². The molecule has 0 radical (unpaired) electrons. The average molecular weight is 323 g/mol. The van der Waals surface area contributed by atoms with Crippen molar-refractivity contribution in [3.63, 3.8) is 0 Å². The van der Waals surface area contributed by atoms with E-state index in [2.05, 4.69) is 13.2 Å². The fraction of sp³-hybridized carbons (Fsp3) is 0.111. The van der Waals surface area contributed by atoms with Gasteiger partial charge in [0.15, 0.2) is 9.80 Å². The summed E-state index contributed by atoms with van der Waals surface area (Å²) in [5.74, 6) is -1.24. The van der Waals surface area contributed by atoms with Crippen LogP contribution in [0.4, 0.5) is 13.2 Å². The molecule has 0 nitrogen and oxygen atoms in total. The van der Waals surface area contributed by atoms with Crippen molar-refractivity contribution in [2.75, 3.05) is 0 Å². The van der Waals surface area contributed by atoms with Crippen molar-refractivity contribution >= 4 is 10.9 Å². The first-order chi connectivity index (χ1) is 10.3. The van der Waals surface area contributed by atoms with Gasteiger partial charge in [0.05, 0.1) is 16.7 Å². The molecular formula is C18H18F3S+. The first kappa shape index (κ1) is 18.1. The smallest absolute Gasteiger partial charge is 0.166 e. The maximum Gasteiger partial charge on any atom is 0.166 e. The van der Waals surface area contributed by atoms with Crippen molar-refractivity contribution in [1.82, 2.24) is 0 Å². The highest BCUT2D eigenvalue weighted by atomic mass is 32.2. The van der Waals surface area contributed by atoms with Crippen molar-refractivity contribution in [2.24, 2.45) is 0 Å². The van der Waals surface area contributed by atoms with E-state index in [9.17, 15) is 13.2 Å². The molecule has 1 atom stereocenters. The summed E-state index contributed by atoms with van der Waals surface area (Å²) in [6, 6.07) is 5.99. The molecule has 1 aromatic carbocycles. The van der Waals surface area contributed by atoms with Gasteiger partial charge in [0.2, 0.25) is 0 Å². The first-order valence-electron chi connectivity index (χ1n) is 6.53. The highest BCUT2D eigenvalue weighted by Crippen LogP contribution is 2.29. The molecule has 0 spiro atoms. The van der Waals surface area contributed by atoms with Gasteiger partial charge in [0, 0.05) is 6.92 Å². The topological polar surface area (TPSA) is 0 Å². The maximum atomic E-state index is 13.1. The van der Waals surface area contributed by atoms with Gasteiger partial charge >= 0.3 is 0 Å². The molecule has 0 N–H and O–H groups in total. The van der Waals surface area contributed by atoms with Crippen LogP contribution in [0.25, 0.3) is 0 Å². The summed E-state index contributed by atoms with van der Waals surface area (Å²) >= 11 is 0. The van der Waals surface area contributed by atoms with Gasteiger partial charge in [-0.25, -0.2) is 13.2 Å². The number of hydrogen-bond acceptors (Lipinski definition) is 0. The number of rotatable bonds is 6. The Kier molecular flexibility index (Phi) is 6.99. The summed E-state index contributed by atoms with van der Waals surface area (Å²) in [6.45, 7) is 10.3. The molecule has 0 aromatic heterocycles. The molecule has 0 bridgehead atoms. The summed E-state index contributed by atoms with van der Waals surface area (Å²) in [5.41, 5.74) is 0. The molecule has 22 heavy (non-hydrogen) atoms. The van der Waals surface area contributed by atoms with E-state index in [1.165, 1.54) is 37.3 Å². The molecule has 1 unspecified atom stereocenters. The van der Waals surface area contributed by atoms with E-state index in [0.717, 1.165) is 9.80 Å². The molecule has 1 rings (SSSR count). The lowest BCUT2D eigenvalue weighted by atomic mass is 10.3. The van der Waals surface area contributed by atoms with E-state index >= 15 is 0 Å². The monoisotopic (exact) mass is 323 g/mol. The van der Waals surface area contributed by atoms with Crippen molar-refractivity contribution in [2.45, 2.75) is 18.7 Å². The van der Waals surface area contributed by atoms with Crippen molar-refractivity contribution in [3.8, 4) is 0 Å². The third-order valence-electron chi connectivity index (χ3n) is 2.63. The standard InChI is InChI=1S/C18H18F3S/c1-13(19)5-7-15(3)22(16(4)8-6-14(2)20)18-11-9-17(21)10-12-18/h5-12H,1,3H2,2,4H3/q+1/b7-5-,14-6+,16-8+. The third kappa shape index (κ3) is 5.82.